The molecule has 1 N–H and O–H groups in total. The minimum Gasteiger partial charge on any atom is -0.348 e. The quantitative estimate of drug-likeness (QED) is 0.787. The van der Waals surface area contributed by atoms with Crippen LogP contribution in [0.4, 0.5) is 0 Å². The molecule has 0 radical (unpaired) electrons. The molecule has 1 atom stereocenters. The number of nitrogens with one attached hydrogen (secondary N) is 1. The number of hydrogen-bond donors (Lipinski definition) is 1. The second kappa shape index (κ2) is 9.07. The summed E-state index contributed by atoms with van der Waals surface area (Å²) in [6.45, 7) is 7.80. The van der Waals surface area contributed by atoms with E-state index in [1.165, 1.54) is 4.31 Å². The Morgan fingerprint density at radius 2 is 1.69 bits per heavy atom. The van der Waals surface area contributed by atoms with Gasteiger partial charge in [-0.25, -0.2) is 8.42 Å². The number of carbonyl (C=O) groups is 1. The van der Waals surface area contributed by atoms with Crippen LogP contribution in [0.3, 0.4) is 0 Å². The van der Waals surface area contributed by atoms with Gasteiger partial charge in [-0.15, -0.1) is 0 Å². The van der Waals surface area contributed by atoms with Crippen molar-refractivity contribution in [3.05, 3.63) is 65.2 Å². The second-order valence-electron chi connectivity index (χ2n) is 7.65. The molecule has 1 heterocycles. The highest BCUT2D eigenvalue weighted by molar-refractivity contribution is 7.89. The fraction of sp³-hybridized carbons (Fsp3) is 0.409. The molecule has 2 aromatic rings. The van der Waals surface area contributed by atoms with E-state index in [0.29, 0.717) is 31.1 Å². The van der Waals surface area contributed by atoms with Crippen molar-refractivity contribution >= 4 is 15.9 Å². The summed E-state index contributed by atoms with van der Waals surface area (Å²) in [5.41, 5.74) is 2.75. The molecular weight excluding hydrogens is 386 g/mol. The topological polar surface area (TPSA) is 69.7 Å². The van der Waals surface area contributed by atoms with E-state index in [2.05, 4.69) is 5.32 Å². The zero-order valence-electron chi connectivity index (χ0n) is 17.3. The molecular formula is C22H29N3O3S. The highest BCUT2D eigenvalue weighted by Gasteiger charge is 2.30. The average molecular weight is 416 g/mol. The van der Waals surface area contributed by atoms with Crippen LogP contribution in [0.15, 0.2) is 53.4 Å². The summed E-state index contributed by atoms with van der Waals surface area (Å²) in [4.78, 5) is 14.8. The van der Waals surface area contributed by atoms with Crippen molar-refractivity contribution in [1.29, 1.82) is 0 Å². The van der Waals surface area contributed by atoms with E-state index in [1.54, 1.807) is 6.07 Å². The molecule has 0 bridgehead atoms. The molecule has 0 aromatic heterocycles. The Morgan fingerprint density at radius 1 is 1.03 bits per heavy atom. The first-order chi connectivity index (χ1) is 13.8. The second-order valence-corrected chi connectivity index (χ2v) is 9.56. The molecule has 156 valence electrons. The van der Waals surface area contributed by atoms with E-state index >= 15 is 0 Å². The average Bonchev–Trinajstić information content (AvgIpc) is 2.70. The predicted octanol–water partition coefficient (Wildman–Crippen LogP) is 2.49. The summed E-state index contributed by atoms with van der Waals surface area (Å²) >= 11 is 0. The first kappa shape index (κ1) is 21.5. The summed E-state index contributed by atoms with van der Waals surface area (Å²) in [6.07, 6.45) is 0. The molecule has 1 saturated heterocycles. The summed E-state index contributed by atoms with van der Waals surface area (Å²) in [5, 5.41) is 3.01. The molecule has 1 amide bonds. The third-order valence-corrected chi connectivity index (χ3v) is 7.38. The molecule has 1 aliphatic rings. The van der Waals surface area contributed by atoms with Gasteiger partial charge in [-0.1, -0.05) is 42.5 Å². The number of amides is 1. The molecule has 1 aliphatic heterocycles. The van der Waals surface area contributed by atoms with E-state index in [9.17, 15) is 13.2 Å². The van der Waals surface area contributed by atoms with Crippen LogP contribution in [0.25, 0.3) is 0 Å². The van der Waals surface area contributed by atoms with Gasteiger partial charge in [-0.3, -0.25) is 9.69 Å². The van der Waals surface area contributed by atoms with Gasteiger partial charge >= 0.3 is 0 Å². The van der Waals surface area contributed by atoms with Gasteiger partial charge in [-0.05, 0) is 43.5 Å². The highest BCUT2D eigenvalue weighted by Crippen LogP contribution is 2.22. The van der Waals surface area contributed by atoms with Gasteiger partial charge in [0.25, 0.3) is 0 Å². The SMILES string of the molecule is Cc1ccc(C)c(S(=O)(=O)N2CCN(CC(=O)N[C@H](C)c3ccccc3)CC2)c1. The van der Waals surface area contributed by atoms with Crippen LogP contribution in [0.1, 0.15) is 29.7 Å². The third-order valence-electron chi connectivity index (χ3n) is 5.34. The standard InChI is InChI=1S/C22H29N3O3S/c1-17-9-10-18(2)21(15-17)29(27,28)25-13-11-24(12-14-25)16-22(26)23-19(3)20-7-5-4-6-8-20/h4-10,15,19H,11-14,16H2,1-3H3,(H,23,26)/t19-/m1/s1. The molecule has 0 spiro atoms. The van der Waals surface area contributed by atoms with E-state index in [1.807, 2.05) is 68.1 Å². The maximum absolute atomic E-state index is 13.0. The lowest BCUT2D eigenvalue weighted by molar-refractivity contribution is -0.123. The molecule has 0 aliphatic carbocycles. The fourth-order valence-corrected chi connectivity index (χ4v) is 5.30. The van der Waals surface area contributed by atoms with Crippen molar-refractivity contribution in [3.8, 4) is 0 Å². The Hall–Kier alpha value is -2.22. The van der Waals surface area contributed by atoms with Crippen LogP contribution < -0.4 is 5.32 Å². The van der Waals surface area contributed by atoms with Gasteiger partial charge in [0.2, 0.25) is 15.9 Å². The van der Waals surface area contributed by atoms with Gasteiger partial charge in [-0.2, -0.15) is 4.31 Å². The first-order valence-corrected chi connectivity index (χ1v) is 11.4. The Labute approximate surface area is 173 Å². The Bertz CT molecular complexity index is 953. The Kier molecular flexibility index (Phi) is 6.72. The van der Waals surface area contributed by atoms with Crippen molar-refractivity contribution in [2.45, 2.75) is 31.7 Å². The van der Waals surface area contributed by atoms with Gasteiger partial charge in [0, 0.05) is 26.2 Å². The lowest BCUT2D eigenvalue weighted by Crippen LogP contribution is -2.51. The monoisotopic (exact) mass is 415 g/mol. The minimum absolute atomic E-state index is 0.0489. The van der Waals surface area contributed by atoms with Crippen LogP contribution in [-0.2, 0) is 14.8 Å². The lowest BCUT2D eigenvalue weighted by Gasteiger charge is -2.34. The summed E-state index contributed by atoms with van der Waals surface area (Å²) in [7, 11) is -3.52. The maximum atomic E-state index is 13.0. The maximum Gasteiger partial charge on any atom is 0.243 e. The Balaban J connectivity index is 1.55. The smallest absolute Gasteiger partial charge is 0.243 e. The van der Waals surface area contributed by atoms with Gasteiger partial charge < -0.3 is 5.32 Å². The van der Waals surface area contributed by atoms with Crippen molar-refractivity contribution in [3.63, 3.8) is 0 Å². The molecule has 0 saturated carbocycles. The predicted molar refractivity (Wildman–Crippen MR) is 114 cm³/mol. The fourth-order valence-electron chi connectivity index (χ4n) is 3.57. The van der Waals surface area contributed by atoms with Gasteiger partial charge in [0.05, 0.1) is 17.5 Å². The minimum atomic E-state index is -3.52. The first-order valence-electron chi connectivity index (χ1n) is 9.91. The highest BCUT2D eigenvalue weighted by atomic mass is 32.2. The molecule has 2 aromatic carbocycles. The number of carbonyl (C=O) groups excluding carboxylic acids is 1. The van der Waals surface area contributed by atoms with E-state index in [0.717, 1.165) is 16.7 Å². The zero-order valence-corrected chi connectivity index (χ0v) is 18.1. The van der Waals surface area contributed by atoms with Gasteiger partial charge in [0.1, 0.15) is 0 Å². The normalized spacial score (nSPS) is 17.1. The van der Waals surface area contributed by atoms with Crippen LogP contribution in [-0.4, -0.2) is 56.3 Å². The van der Waals surface area contributed by atoms with Crippen molar-refractivity contribution in [1.82, 2.24) is 14.5 Å². The van der Waals surface area contributed by atoms with Crippen molar-refractivity contribution < 1.29 is 13.2 Å². The van der Waals surface area contributed by atoms with Crippen LogP contribution in [0.5, 0.6) is 0 Å². The number of benzene rings is 2. The van der Waals surface area contributed by atoms with E-state index < -0.39 is 10.0 Å². The number of rotatable bonds is 6. The largest absolute Gasteiger partial charge is 0.348 e. The zero-order chi connectivity index (χ0) is 21.0. The Morgan fingerprint density at radius 3 is 2.34 bits per heavy atom. The molecule has 6 nitrogen and oxygen atoms in total. The summed E-state index contributed by atoms with van der Waals surface area (Å²) < 4.78 is 27.6. The summed E-state index contributed by atoms with van der Waals surface area (Å²) in [5.74, 6) is -0.0489. The van der Waals surface area contributed by atoms with E-state index in [-0.39, 0.29) is 18.5 Å². The summed E-state index contributed by atoms with van der Waals surface area (Å²) in [6, 6.07) is 15.3. The molecule has 3 rings (SSSR count). The van der Waals surface area contributed by atoms with E-state index in [4.69, 9.17) is 0 Å². The van der Waals surface area contributed by atoms with Crippen molar-refractivity contribution in [2.75, 3.05) is 32.7 Å². The molecule has 7 heteroatoms. The van der Waals surface area contributed by atoms with Crippen LogP contribution in [0.2, 0.25) is 0 Å². The van der Waals surface area contributed by atoms with Crippen molar-refractivity contribution in [2.24, 2.45) is 0 Å². The number of aryl methyl sites for hydroxylation is 2. The lowest BCUT2D eigenvalue weighted by atomic mass is 10.1. The number of piperazine rings is 1. The van der Waals surface area contributed by atoms with Gasteiger partial charge in [0.15, 0.2) is 0 Å². The number of hydrogen-bond acceptors (Lipinski definition) is 4. The molecule has 1 fully saturated rings. The van der Waals surface area contributed by atoms with Crippen LogP contribution in [0, 0.1) is 13.8 Å². The molecule has 0 unspecified atom stereocenters. The number of sulfonamides is 1. The van der Waals surface area contributed by atoms with Crippen LogP contribution >= 0.6 is 0 Å². The molecule has 29 heavy (non-hydrogen) atoms. The number of nitrogens with zero attached hydrogens (tertiary/aromatic N) is 2. The third kappa shape index (κ3) is 5.23.